The van der Waals surface area contributed by atoms with Crippen LogP contribution in [0.15, 0.2) is 48.7 Å². The molecule has 1 amide bonds. The molecule has 2 aromatic carbocycles. The highest BCUT2D eigenvalue weighted by Crippen LogP contribution is 2.30. The van der Waals surface area contributed by atoms with Crippen LogP contribution in [0, 0.1) is 0 Å². The third-order valence-electron chi connectivity index (χ3n) is 8.46. The summed E-state index contributed by atoms with van der Waals surface area (Å²) in [6.45, 7) is 6.97. The van der Waals surface area contributed by atoms with Gasteiger partial charge in [0.2, 0.25) is 5.91 Å². The van der Waals surface area contributed by atoms with Gasteiger partial charge in [0.1, 0.15) is 5.75 Å². The Balaban J connectivity index is 1.17. The number of methoxy groups -OCH3 is 1. The van der Waals surface area contributed by atoms with Gasteiger partial charge >= 0.3 is 0 Å². The first-order valence-corrected chi connectivity index (χ1v) is 14.1. The molecule has 3 heterocycles. The zero-order valence-corrected chi connectivity index (χ0v) is 22.3. The summed E-state index contributed by atoms with van der Waals surface area (Å²) in [5.74, 6) is 0.668. The molecule has 2 aliphatic rings. The van der Waals surface area contributed by atoms with E-state index in [1.54, 1.807) is 7.11 Å². The number of nitrogens with zero attached hydrogens (tertiary/aromatic N) is 3. The van der Waals surface area contributed by atoms with E-state index in [4.69, 9.17) is 10.5 Å². The number of amides is 1. The van der Waals surface area contributed by atoms with Crippen LogP contribution >= 0.6 is 0 Å². The fraction of sp³-hybridized carbons (Fsp3) is 0.516. The van der Waals surface area contributed by atoms with Gasteiger partial charge in [-0.1, -0.05) is 24.6 Å². The number of likely N-dealkylation sites (tertiary alicyclic amines) is 2. The third kappa shape index (κ3) is 6.19. The normalized spacial score (nSPS) is 17.9. The Morgan fingerprint density at radius 3 is 2.49 bits per heavy atom. The largest absolute Gasteiger partial charge is 0.496 e. The summed E-state index contributed by atoms with van der Waals surface area (Å²) in [5.41, 5.74) is 10.1. The van der Waals surface area contributed by atoms with Crippen LogP contribution < -0.4 is 10.5 Å². The molecular weight excluding hydrogens is 460 g/mol. The van der Waals surface area contributed by atoms with Crippen molar-refractivity contribution in [2.75, 3.05) is 46.4 Å². The molecule has 6 nitrogen and oxygen atoms in total. The van der Waals surface area contributed by atoms with Crippen LogP contribution in [0.1, 0.15) is 66.1 Å². The molecule has 2 saturated heterocycles. The smallest absolute Gasteiger partial charge is 0.248 e. The second kappa shape index (κ2) is 12.1. The molecule has 2 aliphatic heterocycles. The van der Waals surface area contributed by atoms with Crippen LogP contribution in [0.3, 0.4) is 0 Å². The number of primary amides is 1. The second-order valence-electron chi connectivity index (χ2n) is 10.8. The molecule has 0 aliphatic carbocycles. The minimum Gasteiger partial charge on any atom is -0.496 e. The summed E-state index contributed by atoms with van der Waals surface area (Å²) >= 11 is 0. The van der Waals surface area contributed by atoms with Gasteiger partial charge in [-0.05, 0) is 105 Å². The number of ether oxygens (including phenoxy) is 1. The number of rotatable bonds is 10. The van der Waals surface area contributed by atoms with Gasteiger partial charge in [-0.25, -0.2) is 0 Å². The first-order chi connectivity index (χ1) is 18.1. The number of carbonyl (C=O) groups excluding carboxylic acids is 1. The highest BCUT2D eigenvalue weighted by atomic mass is 16.5. The van der Waals surface area contributed by atoms with Gasteiger partial charge < -0.3 is 24.8 Å². The fourth-order valence-electron chi connectivity index (χ4n) is 6.31. The van der Waals surface area contributed by atoms with Crippen LogP contribution in [0.25, 0.3) is 10.9 Å². The summed E-state index contributed by atoms with van der Waals surface area (Å²) in [6.07, 6.45) is 11.9. The fourth-order valence-corrected chi connectivity index (χ4v) is 6.31. The van der Waals surface area contributed by atoms with E-state index in [2.05, 4.69) is 44.8 Å². The molecule has 0 radical (unpaired) electrons. The molecule has 6 heteroatoms. The SMILES string of the molecule is COc1cccc(CCCN2CCCCC2)c1CCN1CCC(n2ccc3ccc(C(N)=O)cc32)CC1. The summed E-state index contributed by atoms with van der Waals surface area (Å²) in [5, 5.41) is 1.16. The van der Waals surface area contributed by atoms with Gasteiger partial charge in [-0.2, -0.15) is 0 Å². The summed E-state index contributed by atoms with van der Waals surface area (Å²) < 4.78 is 8.14. The lowest BCUT2D eigenvalue weighted by Crippen LogP contribution is -2.36. The van der Waals surface area contributed by atoms with Crippen LogP contribution in [0.4, 0.5) is 0 Å². The minimum atomic E-state index is -0.369. The molecule has 37 heavy (non-hydrogen) atoms. The van der Waals surface area contributed by atoms with Gasteiger partial charge in [-0.15, -0.1) is 0 Å². The topological polar surface area (TPSA) is 63.7 Å². The lowest BCUT2D eigenvalue weighted by molar-refractivity contribution is 0.100. The van der Waals surface area contributed by atoms with E-state index in [1.807, 2.05) is 18.2 Å². The first-order valence-electron chi connectivity index (χ1n) is 14.1. The Bertz CT molecular complexity index is 1190. The van der Waals surface area contributed by atoms with E-state index in [1.165, 1.54) is 56.4 Å². The van der Waals surface area contributed by atoms with Gasteiger partial charge in [-0.3, -0.25) is 4.79 Å². The van der Waals surface area contributed by atoms with Crippen LogP contribution in [0.5, 0.6) is 5.75 Å². The Morgan fingerprint density at radius 1 is 0.946 bits per heavy atom. The summed E-state index contributed by atoms with van der Waals surface area (Å²) in [6, 6.07) is 14.9. The third-order valence-corrected chi connectivity index (χ3v) is 8.46. The molecule has 2 fully saturated rings. The number of carbonyl (C=O) groups is 1. The second-order valence-corrected chi connectivity index (χ2v) is 10.8. The van der Waals surface area contributed by atoms with Crippen molar-refractivity contribution in [2.24, 2.45) is 5.73 Å². The van der Waals surface area contributed by atoms with Gasteiger partial charge in [0.15, 0.2) is 0 Å². The molecule has 2 N–H and O–H groups in total. The first kappa shape index (κ1) is 25.8. The van der Waals surface area contributed by atoms with Crippen molar-refractivity contribution in [3.8, 4) is 5.75 Å². The maximum Gasteiger partial charge on any atom is 0.248 e. The molecule has 0 spiro atoms. The maximum atomic E-state index is 11.7. The van der Waals surface area contributed by atoms with E-state index >= 15 is 0 Å². The molecule has 0 atom stereocenters. The summed E-state index contributed by atoms with van der Waals surface area (Å²) in [4.78, 5) is 16.9. The van der Waals surface area contributed by atoms with Crippen molar-refractivity contribution in [1.82, 2.24) is 14.4 Å². The van der Waals surface area contributed by atoms with Crippen LogP contribution in [-0.2, 0) is 12.8 Å². The van der Waals surface area contributed by atoms with Gasteiger partial charge in [0.25, 0.3) is 0 Å². The van der Waals surface area contributed by atoms with E-state index in [9.17, 15) is 4.79 Å². The molecule has 1 aromatic heterocycles. The van der Waals surface area contributed by atoms with Crippen molar-refractivity contribution in [2.45, 2.75) is 57.4 Å². The number of hydrogen-bond acceptors (Lipinski definition) is 4. The number of aromatic nitrogens is 1. The molecule has 3 aromatic rings. The molecule has 198 valence electrons. The predicted octanol–water partition coefficient (Wildman–Crippen LogP) is 5.05. The number of piperidine rings is 2. The number of aryl methyl sites for hydroxylation is 1. The Morgan fingerprint density at radius 2 is 1.73 bits per heavy atom. The average molecular weight is 503 g/mol. The maximum absolute atomic E-state index is 11.7. The van der Waals surface area contributed by atoms with Crippen molar-refractivity contribution in [3.63, 3.8) is 0 Å². The average Bonchev–Trinajstić information content (AvgIpc) is 3.36. The molecule has 0 bridgehead atoms. The number of nitrogens with two attached hydrogens (primary N) is 1. The van der Waals surface area contributed by atoms with Gasteiger partial charge in [0, 0.05) is 43.0 Å². The predicted molar refractivity (Wildman–Crippen MR) is 150 cm³/mol. The lowest BCUT2D eigenvalue weighted by atomic mass is 9.97. The standard InChI is InChI=1S/C31H42N4O2/c1-37-30-9-5-7-24(8-6-18-33-16-3-2-4-17-33)28(30)15-21-34-19-13-27(14-20-34)35-22-12-25-10-11-26(31(32)36)23-29(25)35/h5,7,9-12,22-23,27H,2-4,6,8,13-21H2,1H3,(H2,32,36). The Kier molecular flexibility index (Phi) is 8.47. The zero-order chi connectivity index (χ0) is 25.6. The monoisotopic (exact) mass is 502 g/mol. The van der Waals surface area contributed by atoms with Crippen molar-refractivity contribution >= 4 is 16.8 Å². The van der Waals surface area contributed by atoms with E-state index in [0.29, 0.717) is 11.6 Å². The molecular formula is C31H42N4O2. The van der Waals surface area contributed by atoms with E-state index < -0.39 is 0 Å². The van der Waals surface area contributed by atoms with Crippen LogP contribution in [0.2, 0.25) is 0 Å². The zero-order valence-electron chi connectivity index (χ0n) is 22.3. The quantitative estimate of drug-likeness (QED) is 0.422. The van der Waals surface area contributed by atoms with Crippen LogP contribution in [-0.4, -0.2) is 66.7 Å². The Labute approximate surface area is 221 Å². The molecule has 0 unspecified atom stereocenters. The van der Waals surface area contributed by atoms with E-state index in [-0.39, 0.29) is 5.91 Å². The minimum absolute atomic E-state index is 0.369. The van der Waals surface area contributed by atoms with Crippen molar-refractivity contribution in [1.29, 1.82) is 0 Å². The number of hydrogen-bond donors (Lipinski definition) is 1. The lowest BCUT2D eigenvalue weighted by Gasteiger charge is -2.33. The van der Waals surface area contributed by atoms with E-state index in [0.717, 1.165) is 62.0 Å². The number of fused-ring (bicyclic) bond motifs is 1. The molecule has 0 saturated carbocycles. The van der Waals surface area contributed by atoms with Crippen molar-refractivity contribution in [3.05, 3.63) is 65.4 Å². The Hall–Kier alpha value is -2.83. The number of benzene rings is 2. The molecule has 5 rings (SSSR count). The highest BCUT2D eigenvalue weighted by molar-refractivity contribution is 5.97. The van der Waals surface area contributed by atoms with Gasteiger partial charge in [0.05, 0.1) is 7.11 Å². The summed E-state index contributed by atoms with van der Waals surface area (Å²) in [7, 11) is 1.80. The van der Waals surface area contributed by atoms with Crippen molar-refractivity contribution < 1.29 is 9.53 Å². The highest BCUT2D eigenvalue weighted by Gasteiger charge is 2.22.